The number of benzene rings is 1. The van der Waals surface area contributed by atoms with Crippen molar-refractivity contribution in [1.29, 1.82) is 0 Å². The lowest BCUT2D eigenvalue weighted by molar-refractivity contribution is 0.318. The molecule has 0 saturated heterocycles. The van der Waals surface area contributed by atoms with Crippen molar-refractivity contribution in [2.24, 2.45) is 10.2 Å². The second kappa shape index (κ2) is 7.28. The summed E-state index contributed by atoms with van der Waals surface area (Å²) in [6, 6.07) is 11.8. The molecule has 0 atom stereocenters. The second-order valence-electron chi connectivity index (χ2n) is 7.48. The Kier molecular flexibility index (Phi) is 5.07. The fraction of sp³-hybridized carbons (Fsp3) is 0.381. The maximum atomic E-state index is 5.78. The van der Waals surface area contributed by atoms with Crippen LogP contribution in [0.2, 0.25) is 0 Å². The summed E-state index contributed by atoms with van der Waals surface area (Å²) in [6.45, 7) is 11.2. The first-order chi connectivity index (χ1) is 12.4. The van der Waals surface area contributed by atoms with Crippen molar-refractivity contribution in [3.8, 4) is 5.75 Å². The van der Waals surface area contributed by atoms with Gasteiger partial charge in [0.15, 0.2) is 5.82 Å². The number of rotatable bonds is 5. The Balaban J connectivity index is 2.08. The second-order valence-corrected chi connectivity index (χ2v) is 7.48. The Bertz CT molecular complexity index is 935. The van der Waals surface area contributed by atoms with Gasteiger partial charge in [-0.3, -0.25) is 4.40 Å². The van der Waals surface area contributed by atoms with Crippen molar-refractivity contribution in [2.45, 2.75) is 46.5 Å². The number of para-hydroxylation sites is 1. The van der Waals surface area contributed by atoms with Gasteiger partial charge in [-0.25, -0.2) is 4.98 Å². The summed E-state index contributed by atoms with van der Waals surface area (Å²) in [5.74, 6) is 1.52. The van der Waals surface area contributed by atoms with Crippen LogP contribution in [0.1, 0.15) is 45.4 Å². The number of azo groups is 1. The van der Waals surface area contributed by atoms with E-state index < -0.39 is 0 Å². The molecule has 2 heterocycles. The number of ether oxygens (including phenoxy) is 1. The first-order valence-electron chi connectivity index (χ1n) is 9.03. The van der Waals surface area contributed by atoms with Crippen LogP contribution in [0.25, 0.3) is 5.65 Å². The van der Waals surface area contributed by atoms with E-state index in [1.165, 1.54) is 0 Å². The normalized spacial score (nSPS) is 12.2. The highest BCUT2D eigenvalue weighted by atomic mass is 16.5. The summed E-state index contributed by atoms with van der Waals surface area (Å²) in [7, 11) is 0. The molecule has 0 unspecified atom stereocenters. The number of pyridine rings is 1. The molecule has 0 N–H and O–H groups in total. The zero-order valence-corrected chi connectivity index (χ0v) is 16.2. The lowest BCUT2D eigenvalue weighted by atomic mass is 9.92. The Morgan fingerprint density at radius 2 is 1.85 bits per heavy atom. The third kappa shape index (κ3) is 3.77. The molecule has 3 rings (SSSR count). The van der Waals surface area contributed by atoms with E-state index in [0.29, 0.717) is 6.61 Å². The SMILES string of the molecule is CCCOc1ccccc1N=Nc1c(C(C)(C)C)nc2ccc(C)cn12. The molecule has 26 heavy (non-hydrogen) atoms. The van der Waals surface area contributed by atoms with E-state index in [1.807, 2.05) is 40.9 Å². The molecular weight excluding hydrogens is 324 g/mol. The zero-order valence-electron chi connectivity index (χ0n) is 16.2. The quantitative estimate of drug-likeness (QED) is 0.519. The van der Waals surface area contributed by atoms with Gasteiger partial charge in [-0.05, 0) is 37.1 Å². The lowest BCUT2D eigenvalue weighted by Gasteiger charge is -2.15. The van der Waals surface area contributed by atoms with E-state index in [1.54, 1.807) is 0 Å². The largest absolute Gasteiger partial charge is 0.491 e. The molecule has 5 heteroatoms. The number of imidazole rings is 1. The van der Waals surface area contributed by atoms with Crippen molar-refractivity contribution >= 4 is 17.2 Å². The van der Waals surface area contributed by atoms with Crippen LogP contribution < -0.4 is 4.74 Å². The third-order valence-electron chi connectivity index (χ3n) is 4.03. The monoisotopic (exact) mass is 350 g/mol. The van der Waals surface area contributed by atoms with Crippen LogP contribution in [0.5, 0.6) is 5.75 Å². The number of hydrogen-bond donors (Lipinski definition) is 0. The molecule has 0 aliphatic rings. The van der Waals surface area contributed by atoms with Gasteiger partial charge in [-0.2, -0.15) is 0 Å². The Labute approximate surface area is 154 Å². The third-order valence-corrected chi connectivity index (χ3v) is 4.03. The number of fused-ring (bicyclic) bond motifs is 1. The lowest BCUT2D eigenvalue weighted by Crippen LogP contribution is -2.11. The fourth-order valence-corrected chi connectivity index (χ4v) is 2.71. The van der Waals surface area contributed by atoms with E-state index in [-0.39, 0.29) is 5.41 Å². The van der Waals surface area contributed by atoms with Gasteiger partial charge < -0.3 is 4.74 Å². The fourth-order valence-electron chi connectivity index (χ4n) is 2.71. The van der Waals surface area contributed by atoms with E-state index >= 15 is 0 Å². The van der Waals surface area contributed by atoms with Crippen LogP contribution >= 0.6 is 0 Å². The Morgan fingerprint density at radius 3 is 2.58 bits per heavy atom. The molecule has 2 aromatic heterocycles. The van der Waals surface area contributed by atoms with Crippen LogP contribution in [0.15, 0.2) is 52.8 Å². The first-order valence-corrected chi connectivity index (χ1v) is 9.03. The minimum atomic E-state index is -0.132. The van der Waals surface area contributed by atoms with Crippen LogP contribution in [0.4, 0.5) is 11.5 Å². The minimum absolute atomic E-state index is 0.132. The van der Waals surface area contributed by atoms with Crippen LogP contribution in [0.3, 0.4) is 0 Å². The van der Waals surface area contributed by atoms with Crippen LogP contribution in [0, 0.1) is 6.92 Å². The van der Waals surface area contributed by atoms with Gasteiger partial charge in [0.25, 0.3) is 0 Å². The number of aryl methyl sites for hydroxylation is 1. The highest BCUT2D eigenvalue weighted by Crippen LogP contribution is 2.35. The minimum Gasteiger partial charge on any atom is -0.491 e. The molecule has 136 valence electrons. The predicted molar refractivity (Wildman–Crippen MR) is 105 cm³/mol. The van der Waals surface area contributed by atoms with E-state index in [9.17, 15) is 0 Å². The zero-order chi connectivity index (χ0) is 18.7. The van der Waals surface area contributed by atoms with Crippen LogP contribution in [-0.4, -0.2) is 16.0 Å². The van der Waals surface area contributed by atoms with E-state index in [0.717, 1.165) is 40.6 Å². The van der Waals surface area contributed by atoms with Gasteiger partial charge in [0.05, 0.1) is 12.3 Å². The molecule has 0 aliphatic carbocycles. The van der Waals surface area contributed by atoms with Gasteiger partial charge in [0.2, 0.25) is 0 Å². The predicted octanol–water partition coefficient (Wildman–Crippen LogP) is 6.14. The van der Waals surface area contributed by atoms with Crippen molar-refractivity contribution in [3.05, 3.63) is 53.9 Å². The van der Waals surface area contributed by atoms with E-state index in [4.69, 9.17) is 9.72 Å². The number of nitrogens with zero attached hydrogens (tertiary/aromatic N) is 4. The molecule has 0 saturated carbocycles. The maximum absolute atomic E-state index is 5.78. The average Bonchev–Trinajstić information content (AvgIpc) is 2.97. The summed E-state index contributed by atoms with van der Waals surface area (Å²) in [5.41, 5.74) is 3.55. The molecular formula is C21H26N4O. The standard InChI is InChI=1S/C21H26N4O/c1-6-13-26-17-10-8-7-9-16(17)23-24-20-19(21(3,4)5)22-18-12-11-15(2)14-25(18)20/h7-12,14H,6,13H2,1-5H3. The van der Waals surface area contributed by atoms with E-state index in [2.05, 4.69) is 50.9 Å². The van der Waals surface area contributed by atoms with Gasteiger partial charge >= 0.3 is 0 Å². The summed E-state index contributed by atoms with van der Waals surface area (Å²) < 4.78 is 7.79. The van der Waals surface area contributed by atoms with Crippen molar-refractivity contribution in [2.75, 3.05) is 6.61 Å². The Morgan fingerprint density at radius 1 is 1.08 bits per heavy atom. The highest BCUT2D eigenvalue weighted by Gasteiger charge is 2.24. The molecule has 1 aromatic carbocycles. The van der Waals surface area contributed by atoms with Gasteiger partial charge in [0, 0.05) is 11.6 Å². The molecule has 0 bridgehead atoms. The number of aromatic nitrogens is 2. The average molecular weight is 350 g/mol. The smallest absolute Gasteiger partial charge is 0.183 e. The van der Waals surface area contributed by atoms with Crippen molar-refractivity contribution in [1.82, 2.24) is 9.38 Å². The topological polar surface area (TPSA) is 51.2 Å². The molecule has 5 nitrogen and oxygen atoms in total. The molecule has 0 radical (unpaired) electrons. The molecule has 0 amide bonds. The first kappa shape index (κ1) is 18.1. The van der Waals surface area contributed by atoms with Crippen molar-refractivity contribution < 1.29 is 4.74 Å². The van der Waals surface area contributed by atoms with Crippen molar-refractivity contribution in [3.63, 3.8) is 0 Å². The molecule has 0 aliphatic heterocycles. The highest BCUT2D eigenvalue weighted by molar-refractivity contribution is 5.56. The summed E-state index contributed by atoms with van der Waals surface area (Å²) in [6.07, 6.45) is 3.00. The van der Waals surface area contributed by atoms with Gasteiger partial charge in [-0.1, -0.05) is 45.9 Å². The van der Waals surface area contributed by atoms with Crippen LogP contribution in [-0.2, 0) is 5.41 Å². The van der Waals surface area contributed by atoms with Gasteiger partial charge in [-0.15, -0.1) is 10.2 Å². The molecule has 0 spiro atoms. The maximum Gasteiger partial charge on any atom is 0.183 e. The summed E-state index contributed by atoms with van der Waals surface area (Å²) in [4.78, 5) is 4.79. The Hall–Kier alpha value is -2.69. The number of hydrogen-bond acceptors (Lipinski definition) is 4. The summed E-state index contributed by atoms with van der Waals surface area (Å²) in [5, 5.41) is 9.08. The molecule has 0 fully saturated rings. The summed E-state index contributed by atoms with van der Waals surface area (Å²) >= 11 is 0. The molecule has 3 aromatic rings. The van der Waals surface area contributed by atoms with Gasteiger partial charge in [0.1, 0.15) is 17.1 Å².